The highest BCUT2D eigenvalue weighted by atomic mass is 16.3. The summed E-state index contributed by atoms with van der Waals surface area (Å²) in [7, 11) is 0. The molecule has 1 aromatic heterocycles. The van der Waals surface area contributed by atoms with E-state index in [-0.39, 0.29) is 11.3 Å². The third-order valence-electron chi connectivity index (χ3n) is 1.26. The normalized spacial score (nSPS) is 9.42. The summed E-state index contributed by atoms with van der Waals surface area (Å²) in [5.74, 6) is 3.84. The van der Waals surface area contributed by atoms with E-state index in [1.807, 2.05) is 0 Å². The van der Waals surface area contributed by atoms with Crippen molar-refractivity contribution >= 4 is 5.91 Å². The number of nitrogens with two attached hydrogens (primary N) is 1. The van der Waals surface area contributed by atoms with Gasteiger partial charge in [0, 0.05) is 6.20 Å². The third-order valence-corrected chi connectivity index (χ3v) is 1.26. The lowest BCUT2D eigenvalue weighted by atomic mass is 10.2. The van der Waals surface area contributed by atoms with Gasteiger partial charge in [-0.1, -0.05) is 0 Å². The summed E-state index contributed by atoms with van der Waals surface area (Å²) < 4.78 is 0. The zero-order valence-corrected chi connectivity index (χ0v) is 6.00. The minimum absolute atomic E-state index is 0.201. The summed E-state index contributed by atoms with van der Waals surface area (Å²) in [6.45, 7) is 0. The first-order valence-electron chi connectivity index (χ1n) is 3.08. The summed E-state index contributed by atoms with van der Waals surface area (Å²) in [5.41, 5.74) is 0.954. The number of nitrogen functional groups attached to an aromatic ring is 1. The number of aromatic nitrogens is 1. The summed E-state index contributed by atoms with van der Waals surface area (Å²) in [6, 6.07) is 1.03. The van der Waals surface area contributed by atoms with E-state index in [9.17, 15) is 9.59 Å². The zero-order chi connectivity index (χ0) is 9.14. The molecule has 0 radical (unpaired) electrons. The van der Waals surface area contributed by atoms with Crippen molar-refractivity contribution in [3.63, 3.8) is 0 Å². The summed E-state index contributed by atoms with van der Waals surface area (Å²) in [6.07, 6.45) is 1.08. The van der Waals surface area contributed by atoms with Gasteiger partial charge in [0.25, 0.3) is 11.5 Å². The van der Waals surface area contributed by atoms with E-state index in [2.05, 4.69) is 4.98 Å². The van der Waals surface area contributed by atoms with Crippen molar-refractivity contribution in [2.45, 2.75) is 0 Å². The van der Waals surface area contributed by atoms with E-state index in [1.54, 1.807) is 5.43 Å². The van der Waals surface area contributed by atoms with Crippen molar-refractivity contribution in [2.24, 2.45) is 5.84 Å². The fourth-order valence-electron chi connectivity index (χ4n) is 0.719. The minimum Gasteiger partial charge on any atom is -0.506 e. The third kappa shape index (κ3) is 1.43. The van der Waals surface area contributed by atoms with Crippen molar-refractivity contribution in [1.82, 2.24) is 10.4 Å². The number of carbonyl (C=O) groups is 1. The van der Waals surface area contributed by atoms with Gasteiger partial charge >= 0.3 is 0 Å². The van der Waals surface area contributed by atoms with E-state index in [1.165, 1.54) is 0 Å². The second-order valence-corrected chi connectivity index (χ2v) is 2.07. The topological polar surface area (TPSA) is 108 Å². The molecule has 6 heteroatoms. The first-order chi connectivity index (χ1) is 5.65. The Labute approximate surface area is 67.0 Å². The highest BCUT2D eigenvalue weighted by Gasteiger charge is 2.08. The van der Waals surface area contributed by atoms with E-state index in [4.69, 9.17) is 10.9 Å². The smallest absolute Gasteiger partial charge is 0.270 e. The molecule has 64 valence electrons. The van der Waals surface area contributed by atoms with Crippen molar-refractivity contribution in [3.05, 3.63) is 28.2 Å². The number of nitrogens with one attached hydrogen (secondary N) is 2. The van der Waals surface area contributed by atoms with Crippen LogP contribution in [0.4, 0.5) is 0 Å². The maximum Gasteiger partial charge on any atom is 0.270 e. The number of pyridine rings is 1. The molecule has 0 saturated carbocycles. The molecule has 0 aliphatic rings. The predicted molar refractivity (Wildman–Crippen MR) is 40.4 cm³/mol. The van der Waals surface area contributed by atoms with Crippen LogP contribution in [0.15, 0.2) is 17.1 Å². The molecule has 1 amide bonds. The number of hydrazine groups is 1. The molecule has 0 aromatic carbocycles. The molecule has 0 spiro atoms. The van der Waals surface area contributed by atoms with Crippen molar-refractivity contribution in [1.29, 1.82) is 0 Å². The Bertz CT molecular complexity index is 357. The molecule has 1 rings (SSSR count). The molecule has 0 aliphatic heterocycles. The van der Waals surface area contributed by atoms with Gasteiger partial charge in [0.15, 0.2) is 0 Å². The van der Waals surface area contributed by atoms with E-state index < -0.39 is 11.5 Å². The number of rotatable bonds is 1. The summed E-state index contributed by atoms with van der Waals surface area (Å²) >= 11 is 0. The van der Waals surface area contributed by atoms with Crippen LogP contribution < -0.4 is 16.8 Å². The van der Waals surface area contributed by atoms with Gasteiger partial charge in [0.1, 0.15) is 11.3 Å². The van der Waals surface area contributed by atoms with Gasteiger partial charge in [0.2, 0.25) is 0 Å². The minimum atomic E-state index is -0.743. The Hall–Kier alpha value is -1.82. The van der Waals surface area contributed by atoms with Crippen molar-refractivity contribution in [3.8, 4) is 5.75 Å². The van der Waals surface area contributed by atoms with Gasteiger partial charge in [-0.25, -0.2) is 5.84 Å². The summed E-state index contributed by atoms with van der Waals surface area (Å²) in [5, 5.41) is 8.89. The molecule has 5 N–H and O–H groups in total. The number of hydrogen-bond acceptors (Lipinski definition) is 4. The van der Waals surface area contributed by atoms with Crippen LogP contribution >= 0.6 is 0 Å². The van der Waals surface area contributed by atoms with Gasteiger partial charge in [-0.2, -0.15) is 0 Å². The van der Waals surface area contributed by atoms with Gasteiger partial charge in [-0.15, -0.1) is 0 Å². The fourth-order valence-corrected chi connectivity index (χ4v) is 0.719. The summed E-state index contributed by atoms with van der Waals surface area (Å²) in [4.78, 5) is 23.9. The molecule has 0 unspecified atom stereocenters. The number of carbonyl (C=O) groups excluding carboxylic acids is 1. The molecule has 0 atom stereocenters. The van der Waals surface area contributed by atoms with E-state index in [0.717, 1.165) is 12.3 Å². The largest absolute Gasteiger partial charge is 0.506 e. The number of amides is 1. The average molecular weight is 169 g/mol. The van der Waals surface area contributed by atoms with Gasteiger partial charge < -0.3 is 10.1 Å². The zero-order valence-electron chi connectivity index (χ0n) is 6.00. The van der Waals surface area contributed by atoms with Crippen LogP contribution in [0.2, 0.25) is 0 Å². The molecule has 1 aromatic rings. The second-order valence-electron chi connectivity index (χ2n) is 2.07. The molecule has 0 fully saturated rings. The highest BCUT2D eigenvalue weighted by Crippen LogP contribution is 2.03. The average Bonchev–Trinajstić information content (AvgIpc) is 2.08. The van der Waals surface area contributed by atoms with Crippen LogP contribution in [0.5, 0.6) is 5.75 Å². The Morgan fingerprint density at radius 2 is 2.33 bits per heavy atom. The van der Waals surface area contributed by atoms with E-state index in [0.29, 0.717) is 0 Å². The quantitative estimate of drug-likeness (QED) is 0.237. The molecule has 12 heavy (non-hydrogen) atoms. The Balaban J connectivity index is 3.23. The molecule has 1 heterocycles. The fraction of sp³-hybridized carbons (Fsp3) is 0. The Kier molecular flexibility index (Phi) is 2.11. The first-order valence-corrected chi connectivity index (χ1v) is 3.08. The monoisotopic (exact) mass is 169 g/mol. The number of H-pyrrole nitrogens is 1. The number of aromatic hydroxyl groups is 1. The number of hydrogen-bond donors (Lipinski definition) is 4. The van der Waals surface area contributed by atoms with Crippen LogP contribution in [-0.2, 0) is 0 Å². The van der Waals surface area contributed by atoms with Crippen molar-refractivity contribution in [2.75, 3.05) is 0 Å². The molecular weight excluding hydrogens is 162 g/mol. The standard InChI is InChI=1S/C6H7N3O3/c7-9-6(12)4-1-3(10)2-8-5(4)11/h1-2,10H,7H2,(H,8,11)(H,9,12). The second kappa shape index (κ2) is 3.05. The van der Waals surface area contributed by atoms with Crippen molar-refractivity contribution < 1.29 is 9.90 Å². The Morgan fingerprint density at radius 1 is 1.67 bits per heavy atom. The maximum atomic E-state index is 10.9. The Morgan fingerprint density at radius 3 is 2.92 bits per heavy atom. The maximum absolute atomic E-state index is 10.9. The molecular formula is C6H7N3O3. The molecule has 0 bridgehead atoms. The molecule has 0 aliphatic carbocycles. The van der Waals surface area contributed by atoms with Crippen LogP contribution in [0, 0.1) is 0 Å². The molecule has 0 saturated heterocycles. The predicted octanol–water partition coefficient (Wildman–Crippen LogP) is -1.32. The van der Waals surface area contributed by atoms with Crippen LogP contribution in [0.3, 0.4) is 0 Å². The molecule has 6 nitrogen and oxygen atoms in total. The highest BCUT2D eigenvalue weighted by molar-refractivity contribution is 5.93. The lowest BCUT2D eigenvalue weighted by molar-refractivity contribution is 0.0951. The SMILES string of the molecule is NNC(=O)c1cc(O)c[nH]c1=O. The van der Waals surface area contributed by atoms with Gasteiger partial charge in [-0.3, -0.25) is 15.0 Å². The lowest BCUT2D eigenvalue weighted by Crippen LogP contribution is -2.34. The number of aromatic amines is 1. The van der Waals surface area contributed by atoms with Crippen LogP contribution in [0.25, 0.3) is 0 Å². The van der Waals surface area contributed by atoms with Crippen LogP contribution in [0.1, 0.15) is 10.4 Å². The van der Waals surface area contributed by atoms with Crippen LogP contribution in [-0.4, -0.2) is 16.0 Å². The van der Waals surface area contributed by atoms with E-state index >= 15 is 0 Å². The lowest BCUT2D eigenvalue weighted by Gasteiger charge is -1.97. The van der Waals surface area contributed by atoms with Gasteiger partial charge in [-0.05, 0) is 6.07 Å². The first kappa shape index (κ1) is 8.28. The van der Waals surface area contributed by atoms with Gasteiger partial charge in [0.05, 0.1) is 0 Å².